The van der Waals surface area contributed by atoms with Crippen molar-refractivity contribution in [2.24, 2.45) is 0 Å². The van der Waals surface area contributed by atoms with Crippen molar-refractivity contribution in [2.75, 3.05) is 26.4 Å². The third-order valence-electron chi connectivity index (χ3n) is 4.94. The zero-order valence-corrected chi connectivity index (χ0v) is 20.3. The predicted octanol–water partition coefficient (Wildman–Crippen LogP) is 6.59. The highest BCUT2D eigenvalue weighted by molar-refractivity contribution is 5.97. The maximum absolute atomic E-state index is 12.1. The Bertz CT molecular complexity index is 673. The van der Waals surface area contributed by atoms with Gasteiger partial charge in [-0.1, -0.05) is 66.2 Å². The van der Waals surface area contributed by atoms with Crippen molar-refractivity contribution >= 4 is 5.97 Å². The summed E-state index contributed by atoms with van der Waals surface area (Å²) >= 11 is 0. The number of hydrogen-bond donors (Lipinski definition) is 2. The highest BCUT2D eigenvalue weighted by Crippen LogP contribution is 2.53. The molecule has 0 aliphatic rings. The average molecular weight is 455 g/mol. The minimum atomic E-state index is -1.30. The molecule has 0 amide bonds. The molecule has 1 aromatic rings. The van der Waals surface area contributed by atoms with Crippen LogP contribution in [0.25, 0.3) is 0 Å². The normalized spacial score (nSPS) is 10.8. The number of ether oxygens (including phenoxy) is 4. The monoisotopic (exact) mass is 454 g/mol. The van der Waals surface area contributed by atoms with Crippen LogP contribution in [-0.4, -0.2) is 42.6 Å². The molecule has 0 unspecified atom stereocenters. The lowest BCUT2D eigenvalue weighted by molar-refractivity contribution is 0.0685. The summed E-state index contributed by atoms with van der Waals surface area (Å²) in [5.74, 6) is -1.34. The van der Waals surface area contributed by atoms with Crippen molar-refractivity contribution < 1.29 is 34.0 Å². The molecule has 0 aliphatic heterocycles. The van der Waals surface area contributed by atoms with Crippen LogP contribution in [-0.2, 0) is 0 Å². The van der Waals surface area contributed by atoms with Gasteiger partial charge < -0.3 is 29.2 Å². The van der Waals surface area contributed by atoms with Gasteiger partial charge >= 0.3 is 5.97 Å². The van der Waals surface area contributed by atoms with E-state index in [0.29, 0.717) is 32.8 Å². The van der Waals surface area contributed by atoms with E-state index in [4.69, 9.17) is 18.9 Å². The maximum Gasteiger partial charge on any atom is 0.343 e. The van der Waals surface area contributed by atoms with Gasteiger partial charge in [0.05, 0.1) is 26.4 Å². The molecule has 0 aliphatic carbocycles. The summed E-state index contributed by atoms with van der Waals surface area (Å²) in [6.07, 6.45) is 9.13. The van der Waals surface area contributed by atoms with Gasteiger partial charge in [0.15, 0.2) is 17.1 Å². The van der Waals surface area contributed by atoms with Crippen LogP contribution in [0.4, 0.5) is 0 Å². The van der Waals surface area contributed by atoms with Crippen LogP contribution >= 0.6 is 0 Å². The van der Waals surface area contributed by atoms with Crippen LogP contribution in [0, 0.1) is 0 Å². The fourth-order valence-electron chi connectivity index (χ4n) is 3.16. The van der Waals surface area contributed by atoms with Crippen LogP contribution in [0.3, 0.4) is 0 Å². The number of benzene rings is 1. The quantitative estimate of drug-likeness (QED) is 0.228. The molecule has 0 radical (unpaired) electrons. The van der Waals surface area contributed by atoms with E-state index >= 15 is 0 Å². The Hall–Kier alpha value is -2.31. The van der Waals surface area contributed by atoms with E-state index in [1.807, 2.05) is 6.92 Å². The number of aromatic carboxylic acids is 1. The summed E-state index contributed by atoms with van der Waals surface area (Å²) in [4.78, 5) is 12.1. The second-order valence-electron chi connectivity index (χ2n) is 7.86. The number of aromatic hydroxyl groups is 1. The second-order valence-corrected chi connectivity index (χ2v) is 7.86. The summed E-state index contributed by atoms with van der Waals surface area (Å²) in [7, 11) is 0. The van der Waals surface area contributed by atoms with Crippen molar-refractivity contribution in [3.8, 4) is 28.7 Å². The number of carboxylic acids is 1. The Kier molecular flexibility index (Phi) is 14.2. The smallest absolute Gasteiger partial charge is 0.343 e. The lowest BCUT2D eigenvalue weighted by Crippen LogP contribution is -2.12. The molecular formula is C25H42O7. The Labute approximate surface area is 193 Å². The maximum atomic E-state index is 12.1. The minimum absolute atomic E-state index is 0.00662. The van der Waals surface area contributed by atoms with Gasteiger partial charge in [-0.2, -0.15) is 0 Å². The molecule has 0 fully saturated rings. The van der Waals surface area contributed by atoms with Gasteiger partial charge in [0.1, 0.15) is 0 Å². The Morgan fingerprint density at radius 3 is 1.41 bits per heavy atom. The predicted molar refractivity (Wildman–Crippen MR) is 126 cm³/mol. The van der Waals surface area contributed by atoms with Crippen LogP contribution in [0.2, 0.25) is 0 Å². The number of unbranched alkanes of at least 4 members (excludes halogenated alkanes) is 6. The molecule has 0 saturated heterocycles. The first-order valence-electron chi connectivity index (χ1n) is 12.2. The van der Waals surface area contributed by atoms with Crippen molar-refractivity contribution in [2.45, 2.75) is 91.9 Å². The first-order valence-corrected chi connectivity index (χ1v) is 12.2. The number of phenols is 1. The molecule has 0 aromatic heterocycles. The van der Waals surface area contributed by atoms with E-state index in [2.05, 4.69) is 20.8 Å². The fraction of sp³-hybridized carbons (Fsp3) is 0.720. The molecule has 0 saturated carbocycles. The van der Waals surface area contributed by atoms with E-state index in [0.717, 1.165) is 57.8 Å². The first kappa shape index (κ1) is 27.7. The second kappa shape index (κ2) is 16.3. The molecule has 7 nitrogen and oxygen atoms in total. The van der Waals surface area contributed by atoms with E-state index in [9.17, 15) is 15.0 Å². The van der Waals surface area contributed by atoms with Gasteiger partial charge in [-0.05, 0) is 25.7 Å². The zero-order valence-electron chi connectivity index (χ0n) is 20.3. The highest BCUT2D eigenvalue weighted by Gasteiger charge is 2.32. The van der Waals surface area contributed by atoms with E-state index in [1.165, 1.54) is 0 Å². The van der Waals surface area contributed by atoms with E-state index in [-0.39, 0.29) is 28.6 Å². The summed E-state index contributed by atoms with van der Waals surface area (Å²) in [5.41, 5.74) is -0.348. The molecule has 2 N–H and O–H groups in total. The van der Waals surface area contributed by atoms with Gasteiger partial charge in [0.25, 0.3) is 0 Å². The fourth-order valence-corrected chi connectivity index (χ4v) is 3.16. The summed E-state index contributed by atoms with van der Waals surface area (Å²) in [5, 5.41) is 20.7. The molecule has 0 heterocycles. The van der Waals surface area contributed by atoms with Gasteiger partial charge in [-0.25, -0.2) is 4.79 Å². The van der Waals surface area contributed by atoms with Crippen molar-refractivity contribution in [1.82, 2.24) is 0 Å². The number of carbonyl (C=O) groups is 1. The molecule has 0 spiro atoms. The largest absolute Gasteiger partial charge is 0.503 e. The van der Waals surface area contributed by atoms with Gasteiger partial charge in [-0.15, -0.1) is 0 Å². The third-order valence-corrected chi connectivity index (χ3v) is 4.94. The van der Waals surface area contributed by atoms with Crippen LogP contribution < -0.4 is 18.9 Å². The molecular weight excluding hydrogens is 412 g/mol. The van der Waals surface area contributed by atoms with Gasteiger partial charge in [-0.3, -0.25) is 0 Å². The summed E-state index contributed by atoms with van der Waals surface area (Å²) in [6, 6.07) is 0. The first-order chi connectivity index (χ1) is 15.5. The van der Waals surface area contributed by atoms with Crippen LogP contribution in [0.5, 0.6) is 28.7 Å². The molecule has 0 atom stereocenters. The van der Waals surface area contributed by atoms with Crippen LogP contribution in [0.15, 0.2) is 0 Å². The molecule has 1 aromatic carbocycles. The molecule has 7 heteroatoms. The SMILES string of the molecule is CCCCCOc1c(OCCC)c(O)c(C(=O)O)c(OCCCCC)c1OCCCCC. The van der Waals surface area contributed by atoms with Gasteiger partial charge in [0, 0.05) is 0 Å². The molecule has 32 heavy (non-hydrogen) atoms. The molecule has 0 bridgehead atoms. The standard InChI is InChI=1S/C25H42O7/c1-5-9-12-16-30-21-19(25(27)28)20(26)22(29-15-8-4)24(32-18-14-11-7-3)23(21)31-17-13-10-6-2/h26H,5-18H2,1-4H3,(H,27,28). The van der Waals surface area contributed by atoms with Crippen molar-refractivity contribution in [3.63, 3.8) is 0 Å². The Morgan fingerprint density at radius 2 is 1.00 bits per heavy atom. The van der Waals surface area contributed by atoms with Crippen molar-refractivity contribution in [3.05, 3.63) is 5.56 Å². The number of hydrogen-bond acceptors (Lipinski definition) is 6. The highest BCUT2D eigenvalue weighted by atomic mass is 16.6. The minimum Gasteiger partial charge on any atom is -0.503 e. The van der Waals surface area contributed by atoms with Crippen molar-refractivity contribution in [1.29, 1.82) is 0 Å². The number of rotatable bonds is 19. The van der Waals surface area contributed by atoms with E-state index < -0.39 is 11.7 Å². The zero-order chi connectivity index (χ0) is 23.8. The van der Waals surface area contributed by atoms with Gasteiger partial charge in [0.2, 0.25) is 17.2 Å². The molecule has 1 rings (SSSR count). The lowest BCUT2D eigenvalue weighted by atomic mass is 10.1. The number of carboxylic acid groups (broad SMARTS) is 1. The Morgan fingerprint density at radius 1 is 0.594 bits per heavy atom. The van der Waals surface area contributed by atoms with E-state index in [1.54, 1.807) is 0 Å². The lowest BCUT2D eigenvalue weighted by Gasteiger charge is -2.23. The average Bonchev–Trinajstić information content (AvgIpc) is 2.77. The Balaban J connectivity index is 3.49. The third kappa shape index (κ3) is 8.67. The topological polar surface area (TPSA) is 94.5 Å². The van der Waals surface area contributed by atoms with Crippen LogP contribution in [0.1, 0.15) is 102 Å². The molecule has 184 valence electrons. The summed E-state index contributed by atoms with van der Waals surface area (Å²) in [6.45, 7) is 9.65. The summed E-state index contributed by atoms with van der Waals surface area (Å²) < 4.78 is 23.7.